The van der Waals surface area contributed by atoms with Gasteiger partial charge in [0.05, 0.1) is 0 Å². The molecule has 0 aromatic carbocycles. The van der Waals surface area contributed by atoms with Crippen LogP contribution >= 0.6 is 0 Å². The van der Waals surface area contributed by atoms with Crippen LogP contribution in [0, 0.1) is 41.0 Å². The predicted molar refractivity (Wildman–Crippen MR) is 116 cm³/mol. The van der Waals surface area contributed by atoms with E-state index in [1.54, 1.807) is 0 Å². The van der Waals surface area contributed by atoms with Crippen molar-refractivity contribution in [1.29, 1.82) is 0 Å². The van der Waals surface area contributed by atoms with Crippen molar-refractivity contribution in [1.82, 2.24) is 45.5 Å². The molecule has 0 atom stereocenters. The fourth-order valence-corrected chi connectivity index (χ4v) is 1.24. The molecule has 0 unspecified atom stereocenters. The Morgan fingerprint density at radius 2 is 0.732 bits per heavy atom. The van der Waals surface area contributed by atoms with Gasteiger partial charge in [0.2, 0.25) is 29.7 Å². The minimum Gasteiger partial charge on any atom is -0.870 e. The Balaban J connectivity index is -0.0000000353. The van der Waals surface area contributed by atoms with E-state index in [0.717, 1.165) is 0 Å². The predicted octanol–water partition coefficient (Wildman–Crippen LogP) is -26.1. The SMILES string of the molecule is CC(=O)Nc1n[n-]c(NC(C)=O)n1.Nc1nnc(N)[nH]1.Nc1nnc(N)[nH]1.O.O.O.O.[Cu+2].[Cu+2].[Cu+2].[O-][Cl+3]([O-])([O-])[O-].[O-][Cl+3]([O-])([O-])[O-].[O-][Cl+3]([O-])([O-])[O-].[O-][Cl+3]([O-])([O-])[O-].[OH-].[OH3+]. The maximum Gasteiger partial charge on any atom is 2.00 e. The van der Waals surface area contributed by atoms with Crippen LogP contribution in [0.5, 0.6) is 0 Å². The van der Waals surface area contributed by atoms with E-state index in [4.69, 9.17) is 97.5 Å². The third-order valence-electron chi connectivity index (χ3n) is 2.07. The third-order valence-corrected chi connectivity index (χ3v) is 2.07. The summed E-state index contributed by atoms with van der Waals surface area (Å²) in [7, 11) is -19.8. The fraction of sp³-hybridized carbons (Fsp3) is 0.200. The first-order chi connectivity index (χ1) is 20.7. The van der Waals surface area contributed by atoms with E-state index in [2.05, 4.69) is 56.2 Å². The number of carbonyl (C=O) groups is 2. The molecule has 0 bridgehead atoms. The molecule has 56 heavy (non-hydrogen) atoms. The van der Waals surface area contributed by atoms with Crippen molar-refractivity contribution in [3.05, 3.63) is 0 Å². The quantitative estimate of drug-likeness (QED) is 0.0872. The number of hydrogen-bond acceptors (Lipinski definition) is 29. The Kier molecular flexibility index (Phi) is 69.8. The molecule has 3 aromatic rings. The molecule has 0 aliphatic rings. The number of nitrogens with zero attached hydrogens (tertiary/aromatic N) is 7. The standard InChI is InChI=1S/C6H9N5O2.2C2H5N5.4ClHO4.3Cu.6H2O/c1-3(12)7-5-9-6(11-10-5)8-4(2)13;2*3-1-5-2(4)7-6-1;4*2-1(3,4)5;;;;;;;;;/h1-2H3,(H3,7,8,9,10,11,12,13);2*(H5,3,4,5,6,7);4*(H,2,3,4,5);;;;6*1H2/q;;;;;;;3*+2;;;;;;/p-5. The van der Waals surface area contributed by atoms with E-state index in [1.165, 1.54) is 13.8 Å². The molecule has 0 aliphatic heterocycles. The monoisotopic (exact) mass is 1070 g/mol. The number of aromatic nitrogens is 9. The van der Waals surface area contributed by atoms with Crippen LogP contribution in [0.15, 0.2) is 0 Å². The number of hydrogen-bond donors (Lipinski definition) is 8. The molecule has 24 N–H and O–H groups in total. The largest absolute Gasteiger partial charge is 2.00 e. The van der Waals surface area contributed by atoms with E-state index in [1.807, 2.05) is 0 Å². The maximum absolute atomic E-state index is 10.5. The van der Waals surface area contributed by atoms with Gasteiger partial charge in [-0.25, -0.2) is 74.5 Å². The summed E-state index contributed by atoms with van der Waals surface area (Å²) in [5.41, 5.74) is 20.3. The van der Waals surface area contributed by atoms with Gasteiger partial charge >= 0.3 is 51.2 Å². The van der Waals surface area contributed by atoms with Crippen molar-refractivity contribution in [3.63, 3.8) is 0 Å². The topological polar surface area (TPSA) is 843 Å². The molecule has 3 rings (SSSR count). The normalized spacial score (nSPS) is 8.75. The van der Waals surface area contributed by atoms with Crippen LogP contribution in [-0.4, -0.2) is 79.6 Å². The number of nitrogens with one attached hydrogen (secondary N) is 4. The van der Waals surface area contributed by atoms with E-state index in [-0.39, 0.29) is 132 Å². The number of aromatic amines is 2. The molecule has 0 saturated heterocycles. The molecule has 46 heteroatoms. The number of halogens is 4. The molecule has 349 valence electrons. The van der Waals surface area contributed by atoms with Gasteiger partial charge in [-0.05, 0) is 0 Å². The second kappa shape index (κ2) is 43.5. The number of nitrogens with two attached hydrogens (primary N) is 4. The van der Waals surface area contributed by atoms with Gasteiger partial charge in [-0.2, -0.15) is 5.10 Å². The van der Waals surface area contributed by atoms with Gasteiger partial charge < -0.3 is 71.4 Å². The zero-order chi connectivity index (χ0) is 38.4. The Labute approximate surface area is 348 Å². The van der Waals surface area contributed by atoms with Gasteiger partial charge in [0.15, 0.2) is 11.9 Å². The Bertz CT molecular complexity index is 1100. The number of carbonyl (C=O) groups excluding carboxylic acids is 2. The number of H-pyrrole nitrogens is 2. The minimum absolute atomic E-state index is 0. The summed E-state index contributed by atoms with van der Waals surface area (Å²) in [6.45, 7) is 2.66. The van der Waals surface area contributed by atoms with Crippen molar-refractivity contribution in [2.24, 2.45) is 0 Å². The first-order valence-corrected chi connectivity index (χ1v) is 14.4. The van der Waals surface area contributed by atoms with Gasteiger partial charge in [0.25, 0.3) is 0 Å². The van der Waals surface area contributed by atoms with Crippen molar-refractivity contribution in [2.75, 3.05) is 33.6 Å². The molecule has 0 fully saturated rings. The van der Waals surface area contributed by atoms with E-state index in [9.17, 15) is 9.59 Å². The Hall–Kier alpha value is -2.60. The molecular weight excluding hydrogens is 1050 g/mol. The van der Waals surface area contributed by atoms with Crippen LogP contribution in [0.4, 0.5) is 35.7 Å². The summed E-state index contributed by atoms with van der Waals surface area (Å²) >= 11 is 0. The number of rotatable bonds is 2. The molecule has 2 amide bonds. The van der Waals surface area contributed by atoms with Crippen LogP contribution in [0.1, 0.15) is 13.8 Å². The van der Waals surface area contributed by atoms with Gasteiger partial charge in [0, 0.05) is 19.8 Å². The second-order valence-corrected chi connectivity index (χ2v) is 9.05. The first-order valence-electron chi connectivity index (χ1n) is 9.42. The molecular formula is C10H30Cl4Cu3N15O24+. The van der Waals surface area contributed by atoms with Crippen LogP contribution < -0.4 is 113 Å². The Morgan fingerprint density at radius 1 is 0.536 bits per heavy atom. The molecule has 3 radical (unpaired) electrons. The third kappa shape index (κ3) is 124. The average Bonchev–Trinajstić information content (AvgIpc) is 3.45. The zero-order valence-corrected chi connectivity index (χ0v) is 32.1. The molecule has 0 aliphatic carbocycles. The maximum atomic E-state index is 10.5. The number of anilines is 6. The fourth-order valence-electron chi connectivity index (χ4n) is 1.24. The van der Waals surface area contributed by atoms with Crippen LogP contribution in [0.3, 0.4) is 0 Å². The van der Waals surface area contributed by atoms with Crippen LogP contribution in [0.2, 0.25) is 0 Å². The molecule has 3 heterocycles. The minimum atomic E-state index is -4.94. The average molecular weight is 1080 g/mol. The molecule has 0 spiro atoms. The Morgan fingerprint density at radius 3 is 0.875 bits per heavy atom. The van der Waals surface area contributed by atoms with E-state index in [0.29, 0.717) is 0 Å². The van der Waals surface area contributed by atoms with Crippen molar-refractivity contribution < 1.29 is 209 Å². The van der Waals surface area contributed by atoms with E-state index >= 15 is 0 Å². The van der Waals surface area contributed by atoms with Crippen LogP contribution in [0.25, 0.3) is 0 Å². The van der Waals surface area contributed by atoms with Gasteiger partial charge in [-0.15, -0.1) is 61.4 Å². The second-order valence-electron chi connectivity index (χ2n) is 6.02. The van der Waals surface area contributed by atoms with Crippen molar-refractivity contribution in [3.8, 4) is 0 Å². The van der Waals surface area contributed by atoms with Gasteiger partial charge in [0.1, 0.15) is 0 Å². The van der Waals surface area contributed by atoms with Crippen molar-refractivity contribution in [2.45, 2.75) is 13.8 Å². The number of nitrogen functional groups attached to an aromatic ring is 4. The van der Waals surface area contributed by atoms with E-state index < -0.39 is 41.0 Å². The summed E-state index contributed by atoms with van der Waals surface area (Å²) in [6.07, 6.45) is 0. The van der Waals surface area contributed by atoms with Gasteiger partial charge in [-0.3, -0.25) is 24.7 Å². The molecule has 3 aromatic heterocycles. The molecule has 39 nitrogen and oxygen atoms in total. The van der Waals surface area contributed by atoms with Crippen LogP contribution in [-0.2, 0) is 66.3 Å². The summed E-state index contributed by atoms with van der Waals surface area (Å²) in [5.74, 6) is 0.570. The molecule has 0 saturated carbocycles. The zero-order valence-electron chi connectivity index (χ0n) is 26.2. The summed E-state index contributed by atoms with van der Waals surface area (Å²) in [5, 5.41) is 25.1. The summed E-state index contributed by atoms with van der Waals surface area (Å²) in [4.78, 5) is 29.7. The summed E-state index contributed by atoms with van der Waals surface area (Å²) < 4.78 is 136. The smallest absolute Gasteiger partial charge is 0.870 e. The van der Waals surface area contributed by atoms with Crippen molar-refractivity contribution >= 4 is 47.5 Å². The number of amides is 2. The van der Waals surface area contributed by atoms with Gasteiger partial charge in [-0.1, -0.05) is 0 Å². The summed E-state index contributed by atoms with van der Waals surface area (Å²) in [6, 6.07) is 0. The first kappa shape index (κ1) is 89.8.